The number of hydrogen-bond acceptors (Lipinski definition) is 2. The highest BCUT2D eigenvalue weighted by molar-refractivity contribution is 6.37. The van der Waals surface area contributed by atoms with E-state index in [2.05, 4.69) is 0 Å². The van der Waals surface area contributed by atoms with Crippen molar-refractivity contribution in [3.05, 3.63) is 47.2 Å². The maximum absolute atomic E-state index is 11.9. The second-order valence-corrected chi connectivity index (χ2v) is 5.01. The van der Waals surface area contributed by atoms with E-state index in [4.69, 9.17) is 16.0 Å². The van der Waals surface area contributed by atoms with E-state index in [1.807, 2.05) is 37.3 Å². The van der Waals surface area contributed by atoms with E-state index in [1.165, 1.54) is 0 Å². The van der Waals surface area contributed by atoms with Crippen LogP contribution in [0.1, 0.15) is 30.3 Å². The lowest BCUT2D eigenvalue weighted by atomic mass is 10.1. The molecule has 0 amide bonds. The van der Waals surface area contributed by atoms with Crippen molar-refractivity contribution in [3.63, 3.8) is 0 Å². The van der Waals surface area contributed by atoms with Crippen LogP contribution >= 0.6 is 11.6 Å². The lowest BCUT2D eigenvalue weighted by Gasteiger charge is -2.00. The fourth-order valence-electron chi connectivity index (χ4n) is 2.31. The summed E-state index contributed by atoms with van der Waals surface area (Å²) in [6, 6.07) is 11.4. The van der Waals surface area contributed by atoms with Gasteiger partial charge in [-0.3, -0.25) is 4.79 Å². The van der Waals surface area contributed by atoms with Gasteiger partial charge in [0.05, 0.1) is 0 Å². The van der Waals surface area contributed by atoms with E-state index in [1.54, 1.807) is 6.07 Å². The molecule has 2 aromatic carbocycles. The summed E-state index contributed by atoms with van der Waals surface area (Å²) in [6.07, 6.45) is 1.32. The van der Waals surface area contributed by atoms with E-state index in [0.717, 1.165) is 28.2 Å². The highest BCUT2D eigenvalue weighted by Gasteiger charge is 2.14. The molecule has 0 aliphatic rings. The van der Waals surface area contributed by atoms with Gasteiger partial charge in [-0.1, -0.05) is 42.8 Å². The largest absolute Gasteiger partial charge is 0.452 e. The zero-order chi connectivity index (χ0) is 13.4. The maximum atomic E-state index is 11.9. The third-order valence-electron chi connectivity index (χ3n) is 3.22. The highest BCUT2D eigenvalue weighted by atomic mass is 35.5. The number of Topliss-reactive ketones (excluding diaryl/α,β-unsaturated/α-hetero) is 1. The van der Waals surface area contributed by atoms with Gasteiger partial charge in [0.25, 0.3) is 0 Å². The fourth-order valence-corrected chi connectivity index (χ4v) is 2.60. The molecule has 0 spiro atoms. The van der Waals surface area contributed by atoms with E-state index < -0.39 is 0 Å². The molecule has 0 bridgehead atoms. The van der Waals surface area contributed by atoms with Crippen LogP contribution in [0.3, 0.4) is 0 Å². The Labute approximate surface area is 116 Å². The number of ketones is 1. The molecular weight excluding hydrogens is 260 g/mol. The Kier molecular flexibility index (Phi) is 3.03. The van der Waals surface area contributed by atoms with Crippen LogP contribution < -0.4 is 0 Å². The van der Waals surface area contributed by atoms with Crippen LogP contribution in [0.2, 0.25) is 5.02 Å². The molecule has 0 fully saturated rings. The monoisotopic (exact) mass is 272 g/mol. The average Bonchev–Trinajstić information content (AvgIpc) is 2.83. The van der Waals surface area contributed by atoms with Gasteiger partial charge in [0.2, 0.25) is 0 Å². The first-order valence-corrected chi connectivity index (χ1v) is 6.72. The van der Waals surface area contributed by atoms with Crippen molar-refractivity contribution in [2.75, 3.05) is 0 Å². The predicted molar refractivity (Wildman–Crippen MR) is 78.0 cm³/mol. The molecule has 3 heteroatoms. The normalized spacial score (nSPS) is 11.3. The molecule has 19 heavy (non-hydrogen) atoms. The minimum absolute atomic E-state index is 0.0407. The lowest BCUT2D eigenvalue weighted by Crippen LogP contribution is -1.94. The Morgan fingerprint density at radius 2 is 1.95 bits per heavy atom. The summed E-state index contributed by atoms with van der Waals surface area (Å²) in [4.78, 5) is 11.9. The van der Waals surface area contributed by atoms with Gasteiger partial charge in [-0.2, -0.15) is 0 Å². The van der Waals surface area contributed by atoms with Gasteiger partial charge >= 0.3 is 0 Å². The fraction of sp³-hybridized carbons (Fsp3) is 0.188. The third kappa shape index (κ3) is 2.02. The molecule has 0 radical (unpaired) electrons. The van der Waals surface area contributed by atoms with Crippen molar-refractivity contribution in [1.82, 2.24) is 0 Å². The Bertz CT molecular complexity index is 771. The number of fused-ring (bicyclic) bond motifs is 3. The van der Waals surface area contributed by atoms with Crippen molar-refractivity contribution in [3.8, 4) is 0 Å². The van der Waals surface area contributed by atoms with Gasteiger partial charge in [0.15, 0.2) is 11.5 Å². The van der Waals surface area contributed by atoms with Crippen LogP contribution in [0.5, 0.6) is 0 Å². The van der Waals surface area contributed by atoms with Crippen molar-refractivity contribution in [2.45, 2.75) is 19.8 Å². The molecule has 2 nitrogen and oxygen atoms in total. The Morgan fingerprint density at radius 1 is 1.21 bits per heavy atom. The maximum Gasteiger partial charge on any atom is 0.198 e. The molecule has 0 aliphatic carbocycles. The van der Waals surface area contributed by atoms with Crippen molar-refractivity contribution in [1.29, 1.82) is 0 Å². The molecule has 0 unspecified atom stereocenters. The molecule has 96 valence electrons. The first-order valence-electron chi connectivity index (χ1n) is 6.34. The molecule has 1 aromatic heterocycles. The first kappa shape index (κ1) is 12.2. The number of furan rings is 1. The molecular formula is C16H13ClO2. The van der Waals surface area contributed by atoms with Crippen molar-refractivity contribution >= 4 is 39.1 Å². The summed E-state index contributed by atoms with van der Waals surface area (Å²) < 4.78 is 5.74. The summed E-state index contributed by atoms with van der Waals surface area (Å²) in [7, 11) is 0. The predicted octanol–water partition coefficient (Wildman–Crippen LogP) is 5.22. The molecule has 0 atom stereocenters. The topological polar surface area (TPSA) is 30.2 Å². The van der Waals surface area contributed by atoms with Crippen LogP contribution in [-0.2, 0) is 0 Å². The van der Waals surface area contributed by atoms with Gasteiger partial charge in [0, 0.05) is 27.6 Å². The summed E-state index contributed by atoms with van der Waals surface area (Å²) in [5, 5.41) is 3.45. The quantitative estimate of drug-likeness (QED) is 0.612. The number of carbonyl (C=O) groups is 1. The van der Waals surface area contributed by atoms with Gasteiger partial charge in [0.1, 0.15) is 5.58 Å². The zero-order valence-corrected chi connectivity index (χ0v) is 11.3. The Hall–Kier alpha value is -1.80. The molecule has 1 heterocycles. The average molecular weight is 273 g/mol. The minimum atomic E-state index is 0.0407. The molecule has 3 aromatic rings. The van der Waals surface area contributed by atoms with Crippen LogP contribution in [-0.4, -0.2) is 5.78 Å². The van der Waals surface area contributed by atoms with Crippen LogP contribution in [0, 0.1) is 0 Å². The second kappa shape index (κ2) is 4.71. The lowest BCUT2D eigenvalue weighted by molar-refractivity contribution is 0.0957. The molecule has 0 N–H and O–H groups in total. The standard InChI is InChI=1S/C16H13ClO2/c1-2-5-14(18)15-9-10-8-13(17)11-6-3-4-7-12(11)16(10)19-15/h3-4,6-9H,2,5H2,1H3. The number of carbonyl (C=O) groups excluding carboxylic acids is 1. The van der Waals surface area contributed by atoms with Crippen LogP contribution in [0.15, 0.2) is 40.8 Å². The summed E-state index contributed by atoms with van der Waals surface area (Å²) in [5.41, 5.74) is 0.736. The summed E-state index contributed by atoms with van der Waals surface area (Å²) in [6.45, 7) is 1.98. The number of halogens is 1. The van der Waals surface area contributed by atoms with Crippen molar-refractivity contribution in [2.24, 2.45) is 0 Å². The number of hydrogen-bond donors (Lipinski definition) is 0. The van der Waals surface area contributed by atoms with Crippen LogP contribution in [0.25, 0.3) is 21.7 Å². The summed E-state index contributed by atoms with van der Waals surface area (Å²) >= 11 is 6.26. The van der Waals surface area contributed by atoms with E-state index in [-0.39, 0.29) is 5.78 Å². The van der Waals surface area contributed by atoms with Gasteiger partial charge in [-0.05, 0) is 18.6 Å². The number of benzene rings is 2. The van der Waals surface area contributed by atoms with E-state index >= 15 is 0 Å². The second-order valence-electron chi connectivity index (χ2n) is 4.61. The minimum Gasteiger partial charge on any atom is -0.452 e. The Morgan fingerprint density at radius 3 is 2.68 bits per heavy atom. The van der Waals surface area contributed by atoms with E-state index in [9.17, 15) is 4.79 Å². The van der Waals surface area contributed by atoms with Gasteiger partial charge in [-0.25, -0.2) is 0 Å². The SMILES string of the molecule is CCCC(=O)c1cc2cc(Cl)c3ccccc3c2o1. The van der Waals surface area contributed by atoms with Gasteiger partial charge < -0.3 is 4.42 Å². The molecule has 0 saturated heterocycles. The smallest absolute Gasteiger partial charge is 0.198 e. The third-order valence-corrected chi connectivity index (χ3v) is 3.54. The molecule has 3 rings (SSSR count). The van der Waals surface area contributed by atoms with Crippen LogP contribution in [0.4, 0.5) is 0 Å². The first-order chi connectivity index (χ1) is 9.20. The Balaban J connectivity index is 2.28. The molecule has 0 aliphatic heterocycles. The van der Waals surface area contributed by atoms with Crippen molar-refractivity contribution < 1.29 is 9.21 Å². The zero-order valence-electron chi connectivity index (χ0n) is 10.6. The van der Waals surface area contributed by atoms with Gasteiger partial charge in [-0.15, -0.1) is 0 Å². The van der Waals surface area contributed by atoms with E-state index in [0.29, 0.717) is 17.2 Å². The highest BCUT2D eigenvalue weighted by Crippen LogP contribution is 2.33. The molecule has 0 saturated carbocycles. The number of rotatable bonds is 3. The summed E-state index contributed by atoms with van der Waals surface area (Å²) in [5.74, 6) is 0.461.